The summed E-state index contributed by atoms with van der Waals surface area (Å²) in [6.45, 7) is 0. The van der Waals surface area contributed by atoms with Gasteiger partial charge < -0.3 is 0 Å². The van der Waals surface area contributed by atoms with E-state index in [9.17, 15) is 0 Å². The van der Waals surface area contributed by atoms with Crippen LogP contribution >= 0.6 is 0 Å². The van der Waals surface area contributed by atoms with Crippen LogP contribution in [-0.2, 0) is 0 Å². The van der Waals surface area contributed by atoms with Gasteiger partial charge in [-0.15, -0.1) is 0 Å². The summed E-state index contributed by atoms with van der Waals surface area (Å²) in [6, 6.07) is 0. The predicted molar refractivity (Wildman–Crippen MR) is 30.7 cm³/mol. The fourth-order valence-corrected chi connectivity index (χ4v) is 0.470. The van der Waals surface area contributed by atoms with Gasteiger partial charge in [-0.3, -0.25) is 0 Å². The Kier molecular flexibility index (Phi) is 1.43. The van der Waals surface area contributed by atoms with Crippen molar-refractivity contribution >= 4 is 0 Å². The van der Waals surface area contributed by atoms with Gasteiger partial charge in [0.1, 0.15) is 6.42 Å². The first-order valence-electron chi connectivity index (χ1n) is 2.38. The van der Waals surface area contributed by atoms with Crippen LogP contribution in [0.4, 0.5) is 0 Å². The number of hydrogen-bond donors (Lipinski definition) is 0. The van der Waals surface area contributed by atoms with E-state index in [4.69, 9.17) is 0 Å². The van der Waals surface area contributed by atoms with Crippen LogP contribution in [0.5, 0.6) is 0 Å². The summed E-state index contributed by atoms with van der Waals surface area (Å²) >= 11 is 0. The standard InChI is InChI=1S/C7H7/c1-2-4-6-7-5-3-1/h1-5H,6H2/q+1. The molecule has 1 aliphatic carbocycles. The molecule has 0 N–H and O–H groups in total. The molecule has 0 radical (unpaired) electrons. The van der Waals surface area contributed by atoms with Gasteiger partial charge in [0.25, 0.3) is 0 Å². The van der Waals surface area contributed by atoms with Gasteiger partial charge in [-0.2, -0.15) is 0 Å². The first kappa shape index (κ1) is 4.29. The van der Waals surface area contributed by atoms with E-state index in [1.165, 1.54) is 0 Å². The molecule has 0 saturated heterocycles. The molecule has 0 nitrogen and oxygen atoms in total. The van der Waals surface area contributed by atoms with Gasteiger partial charge in [-0.05, 0) is 6.08 Å². The van der Waals surface area contributed by atoms with Crippen molar-refractivity contribution in [3.63, 3.8) is 0 Å². The van der Waals surface area contributed by atoms with Crippen LogP contribution in [0.25, 0.3) is 0 Å². The summed E-state index contributed by atoms with van der Waals surface area (Å²) in [5.74, 6) is 0. The third kappa shape index (κ3) is 1.34. The van der Waals surface area contributed by atoms with Crippen molar-refractivity contribution in [1.82, 2.24) is 0 Å². The summed E-state index contributed by atoms with van der Waals surface area (Å²) < 4.78 is 0. The first-order chi connectivity index (χ1) is 3.50. The van der Waals surface area contributed by atoms with Crippen molar-refractivity contribution in [3.05, 3.63) is 36.5 Å². The smallest absolute Gasteiger partial charge is 0.0506 e. The topological polar surface area (TPSA) is 0 Å². The lowest BCUT2D eigenvalue weighted by Crippen LogP contribution is -1.50. The zero-order chi connectivity index (χ0) is 4.95. The van der Waals surface area contributed by atoms with Crippen molar-refractivity contribution < 1.29 is 0 Å². The van der Waals surface area contributed by atoms with Crippen molar-refractivity contribution in [2.45, 2.75) is 6.42 Å². The van der Waals surface area contributed by atoms with E-state index < -0.39 is 0 Å². The van der Waals surface area contributed by atoms with Crippen LogP contribution in [0.3, 0.4) is 0 Å². The van der Waals surface area contributed by atoms with E-state index >= 15 is 0 Å². The fraction of sp³-hybridized carbons (Fsp3) is 0.143. The van der Waals surface area contributed by atoms with Crippen LogP contribution in [0.2, 0.25) is 0 Å². The average molecular weight is 91.1 g/mol. The molecule has 0 aromatic heterocycles. The first-order valence-corrected chi connectivity index (χ1v) is 2.38. The van der Waals surface area contributed by atoms with Crippen molar-refractivity contribution in [2.24, 2.45) is 0 Å². The van der Waals surface area contributed by atoms with E-state index in [0.717, 1.165) is 6.42 Å². The molecule has 0 aliphatic heterocycles. The van der Waals surface area contributed by atoms with E-state index in [1.807, 2.05) is 24.3 Å². The molecule has 1 aliphatic rings. The predicted octanol–water partition coefficient (Wildman–Crippen LogP) is 1.86. The Labute approximate surface area is 43.9 Å². The molecule has 0 saturated carbocycles. The monoisotopic (exact) mass is 91.1 g/mol. The molecule has 7 heavy (non-hydrogen) atoms. The minimum Gasteiger partial charge on any atom is -0.0506 e. The van der Waals surface area contributed by atoms with Crippen molar-refractivity contribution in [1.29, 1.82) is 0 Å². The quantitative estimate of drug-likeness (QED) is 0.399. The fourth-order valence-electron chi connectivity index (χ4n) is 0.470. The second kappa shape index (κ2) is 2.33. The molecule has 0 atom stereocenters. The summed E-state index contributed by atoms with van der Waals surface area (Å²) in [5.41, 5.74) is 0. The molecule has 0 aromatic carbocycles. The Bertz CT molecular complexity index is 102. The van der Waals surface area contributed by atoms with Gasteiger partial charge in [0.2, 0.25) is 0 Å². The van der Waals surface area contributed by atoms with Gasteiger partial charge in [-0.1, -0.05) is 6.08 Å². The largest absolute Gasteiger partial charge is 0.155 e. The lowest BCUT2D eigenvalue weighted by Gasteiger charge is -1.60. The summed E-state index contributed by atoms with van der Waals surface area (Å²) in [5, 5.41) is 0. The zero-order valence-electron chi connectivity index (χ0n) is 4.09. The lowest BCUT2D eigenvalue weighted by molar-refractivity contribution is 1.35. The summed E-state index contributed by atoms with van der Waals surface area (Å²) in [6.07, 6.45) is 14.0. The SMILES string of the molecule is [C+]1=CC=CC=CC1. The highest BCUT2D eigenvalue weighted by Gasteiger charge is 1.82. The number of hydrogen-bond acceptors (Lipinski definition) is 0. The molecular formula is C7H7+. The summed E-state index contributed by atoms with van der Waals surface area (Å²) in [7, 11) is 0. The van der Waals surface area contributed by atoms with Crippen LogP contribution in [0.1, 0.15) is 6.42 Å². The maximum atomic E-state index is 3.05. The molecule has 0 spiro atoms. The van der Waals surface area contributed by atoms with E-state index in [-0.39, 0.29) is 0 Å². The highest BCUT2D eigenvalue weighted by atomic mass is 13.8. The molecule has 34 valence electrons. The second-order valence-electron chi connectivity index (χ2n) is 1.39. The average Bonchev–Trinajstić information content (AvgIpc) is 1.90. The van der Waals surface area contributed by atoms with E-state index in [0.29, 0.717) is 0 Å². The van der Waals surface area contributed by atoms with Crippen LogP contribution in [-0.4, -0.2) is 0 Å². The molecule has 0 unspecified atom stereocenters. The zero-order valence-corrected chi connectivity index (χ0v) is 4.09. The second-order valence-corrected chi connectivity index (χ2v) is 1.39. The highest BCUT2D eigenvalue weighted by Crippen LogP contribution is 1.90. The minimum atomic E-state index is 0.951. The minimum absolute atomic E-state index is 0.951. The molecule has 0 aromatic rings. The normalized spacial score (nSPS) is 16.0. The van der Waals surface area contributed by atoms with Crippen LogP contribution in [0, 0.1) is 6.08 Å². The number of rotatable bonds is 0. The van der Waals surface area contributed by atoms with Crippen LogP contribution < -0.4 is 0 Å². The van der Waals surface area contributed by atoms with Crippen molar-refractivity contribution in [2.75, 3.05) is 0 Å². The van der Waals surface area contributed by atoms with Crippen molar-refractivity contribution in [3.8, 4) is 0 Å². The molecule has 0 heteroatoms. The molecule has 0 amide bonds. The lowest BCUT2D eigenvalue weighted by atomic mass is 10.4. The van der Waals surface area contributed by atoms with E-state index in [2.05, 4.69) is 12.2 Å². The molecule has 1 rings (SSSR count). The van der Waals surface area contributed by atoms with Gasteiger partial charge in [0, 0.05) is 6.08 Å². The van der Waals surface area contributed by atoms with Gasteiger partial charge in [0.05, 0.1) is 12.2 Å². The Morgan fingerprint density at radius 1 is 1.14 bits per heavy atom. The third-order valence-corrected chi connectivity index (χ3v) is 0.808. The molecule has 0 fully saturated rings. The maximum absolute atomic E-state index is 3.05. The Hall–Kier alpha value is -0.870. The highest BCUT2D eigenvalue weighted by molar-refractivity contribution is 5.13. The molecule has 0 bridgehead atoms. The maximum Gasteiger partial charge on any atom is 0.155 e. The van der Waals surface area contributed by atoms with Gasteiger partial charge in [0.15, 0.2) is 6.08 Å². The number of allylic oxidation sites excluding steroid dienone is 6. The Morgan fingerprint density at radius 2 is 2.14 bits per heavy atom. The summed E-state index contributed by atoms with van der Waals surface area (Å²) in [4.78, 5) is 0. The van der Waals surface area contributed by atoms with E-state index in [1.54, 1.807) is 0 Å². The van der Waals surface area contributed by atoms with Crippen LogP contribution in [0.15, 0.2) is 30.4 Å². The molecular weight excluding hydrogens is 84.1 g/mol. The van der Waals surface area contributed by atoms with Gasteiger partial charge in [-0.25, -0.2) is 0 Å². The Morgan fingerprint density at radius 3 is 3.14 bits per heavy atom. The molecule has 0 heterocycles. The Balaban J connectivity index is 2.60. The van der Waals surface area contributed by atoms with Gasteiger partial charge >= 0.3 is 0 Å². The third-order valence-electron chi connectivity index (χ3n) is 0.808.